The molecular weight excluding hydrogens is 222 g/mol. The molecule has 3 heteroatoms. The largest absolute Gasteiger partial charge is 0.385 e. The van der Waals surface area contributed by atoms with Crippen LogP contribution in [0, 0.1) is 0 Å². The first-order valence-electron chi connectivity index (χ1n) is 5.69. The van der Waals surface area contributed by atoms with Gasteiger partial charge in [-0.25, -0.2) is 0 Å². The van der Waals surface area contributed by atoms with Gasteiger partial charge in [0.1, 0.15) is 0 Å². The minimum atomic E-state index is 0.484. The predicted octanol–water partition coefficient (Wildman–Crippen LogP) is 2.90. The average molecular weight is 242 g/mol. The van der Waals surface area contributed by atoms with Gasteiger partial charge in [0, 0.05) is 24.8 Å². The summed E-state index contributed by atoms with van der Waals surface area (Å²) in [5.74, 6) is 0. The Labute approximate surface area is 103 Å². The standard InChI is InChI=1S/C13H20ClNO/c1-11(15-8-3-9-16-2)10-12-4-6-13(14)7-5-12/h4-7,11,15H,3,8-10H2,1-2H3. The zero-order valence-corrected chi connectivity index (χ0v) is 10.8. The molecule has 1 rings (SSSR count). The first-order valence-corrected chi connectivity index (χ1v) is 6.07. The molecule has 1 aromatic rings. The van der Waals surface area contributed by atoms with Crippen molar-refractivity contribution in [1.29, 1.82) is 0 Å². The summed E-state index contributed by atoms with van der Waals surface area (Å²) in [6.45, 7) is 4.02. The van der Waals surface area contributed by atoms with Crippen LogP contribution in [0.4, 0.5) is 0 Å². The highest BCUT2D eigenvalue weighted by Crippen LogP contribution is 2.10. The molecular formula is C13H20ClNO. The number of ether oxygens (including phenoxy) is 1. The Kier molecular flexibility index (Phi) is 6.46. The van der Waals surface area contributed by atoms with Crippen molar-refractivity contribution in [2.75, 3.05) is 20.3 Å². The van der Waals surface area contributed by atoms with Gasteiger partial charge in [-0.1, -0.05) is 23.7 Å². The zero-order valence-electron chi connectivity index (χ0n) is 10.0. The molecule has 0 heterocycles. The fourth-order valence-electron chi connectivity index (χ4n) is 1.61. The van der Waals surface area contributed by atoms with E-state index >= 15 is 0 Å². The third-order valence-corrected chi connectivity index (χ3v) is 2.73. The molecule has 0 spiro atoms. The van der Waals surface area contributed by atoms with Gasteiger partial charge in [0.25, 0.3) is 0 Å². The summed E-state index contributed by atoms with van der Waals surface area (Å²) in [6.07, 6.45) is 2.09. The Balaban J connectivity index is 2.23. The van der Waals surface area contributed by atoms with E-state index in [1.807, 2.05) is 12.1 Å². The van der Waals surface area contributed by atoms with E-state index in [0.717, 1.165) is 31.0 Å². The normalized spacial score (nSPS) is 12.7. The van der Waals surface area contributed by atoms with Gasteiger partial charge in [0.15, 0.2) is 0 Å². The predicted molar refractivity (Wildman–Crippen MR) is 69.1 cm³/mol. The minimum Gasteiger partial charge on any atom is -0.385 e. The molecule has 0 aromatic heterocycles. The molecule has 1 atom stereocenters. The Bertz CT molecular complexity index is 286. The van der Waals surface area contributed by atoms with Crippen LogP contribution in [-0.4, -0.2) is 26.3 Å². The first kappa shape index (κ1) is 13.5. The number of methoxy groups -OCH3 is 1. The van der Waals surface area contributed by atoms with Crippen LogP contribution in [0.25, 0.3) is 0 Å². The lowest BCUT2D eigenvalue weighted by atomic mass is 10.1. The van der Waals surface area contributed by atoms with Crippen LogP contribution in [-0.2, 0) is 11.2 Å². The van der Waals surface area contributed by atoms with Gasteiger partial charge in [0.05, 0.1) is 0 Å². The number of benzene rings is 1. The van der Waals surface area contributed by atoms with Crippen LogP contribution in [0.3, 0.4) is 0 Å². The number of hydrogen-bond donors (Lipinski definition) is 1. The van der Waals surface area contributed by atoms with Crippen molar-refractivity contribution in [2.24, 2.45) is 0 Å². The Hall–Kier alpha value is -0.570. The fraction of sp³-hybridized carbons (Fsp3) is 0.538. The molecule has 0 saturated heterocycles. The molecule has 0 aliphatic rings. The van der Waals surface area contributed by atoms with Gasteiger partial charge in [0.2, 0.25) is 0 Å². The molecule has 0 amide bonds. The van der Waals surface area contributed by atoms with E-state index in [9.17, 15) is 0 Å². The molecule has 2 nitrogen and oxygen atoms in total. The Morgan fingerprint density at radius 3 is 2.62 bits per heavy atom. The van der Waals surface area contributed by atoms with Crippen molar-refractivity contribution >= 4 is 11.6 Å². The van der Waals surface area contributed by atoms with Crippen molar-refractivity contribution in [2.45, 2.75) is 25.8 Å². The van der Waals surface area contributed by atoms with Crippen LogP contribution < -0.4 is 5.32 Å². The molecule has 0 bridgehead atoms. The van der Waals surface area contributed by atoms with Crippen LogP contribution in [0.15, 0.2) is 24.3 Å². The lowest BCUT2D eigenvalue weighted by Gasteiger charge is -2.13. The fourth-order valence-corrected chi connectivity index (χ4v) is 1.74. The number of rotatable bonds is 7. The van der Waals surface area contributed by atoms with E-state index in [1.165, 1.54) is 5.56 Å². The maximum Gasteiger partial charge on any atom is 0.0474 e. The quantitative estimate of drug-likeness (QED) is 0.742. The van der Waals surface area contributed by atoms with E-state index in [2.05, 4.69) is 24.4 Å². The van der Waals surface area contributed by atoms with Crippen molar-refractivity contribution in [3.05, 3.63) is 34.9 Å². The number of nitrogens with one attached hydrogen (secondary N) is 1. The molecule has 0 saturated carbocycles. The van der Waals surface area contributed by atoms with E-state index < -0.39 is 0 Å². The van der Waals surface area contributed by atoms with Crippen LogP contribution in [0.5, 0.6) is 0 Å². The molecule has 0 aliphatic heterocycles. The highest BCUT2D eigenvalue weighted by atomic mass is 35.5. The van der Waals surface area contributed by atoms with Crippen molar-refractivity contribution in [3.8, 4) is 0 Å². The van der Waals surface area contributed by atoms with E-state index in [-0.39, 0.29) is 0 Å². The SMILES string of the molecule is COCCCNC(C)Cc1ccc(Cl)cc1. The second-order valence-electron chi connectivity index (χ2n) is 4.03. The summed E-state index contributed by atoms with van der Waals surface area (Å²) in [7, 11) is 1.73. The summed E-state index contributed by atoms with van der Waals surface area (Å²) in [6, 6.07) is 8.52. The Morgan fingerprint density at radius 1 is 1.31 bits per heavy atom. The van der Waals surface area contributed by atoms with Crippen molar-refractivity contribution < 1.29 is 4.74 Å². The highest BCUT2D eigenvalue weighted by molar-refractivity contribution is 6.30. The lowest BCUT2D eigenvalue weighted by molar-refractivity contribution is 0.193. The molecule has 0 radical (unpaired) electrons. The first-order chi connectivity index (χ1) is 7.72. The second-order valence-corrected chi connectivity index (χ2v) is 4.47. The maximum absolute atomic E-state index is 5.84. The molecule has 0 fully saturated rings. The van der Waals surface area contributed by atoms with Crippen LogP contribution in [0.1, 0.15) is 18.9 Å². The monoisotopic (exact) mass is 241 g/mol. The summed E-state index contributed by atoms with van der Waals surface area (Å²) in [5, 5.41) is 4.26. The molecule has 0 aliphatic carbocycles. The van der Waals surface area contributed by atoms with Gasteiger partial charge < -0.3 is 10.1 Å². The summed E-state index contributed by atoms with van der Waals surface area (Å²) in [4.78, 5) is 0. The number of halogens is 1. The van der Waals surface area contributed by atoms with E-state index in [0.29, 0.717) is 6.04 Å². The van der Waals surface area contributed by atoms with Gasteiger partial charge >= 0.3 is 0 Å². The van der Waals surface area contributed by atoms with E-state index in [1.54, 1.807) is 7.11 Å². The minimum absolute atomic E-state index is 0.484. The number of hydrogen-bond acceptors (Lipinski definition) is 2. The van der Waals surface area contributed by atoms with Gasteiger partial charge in [-0.05, 0) is 44.0 Å². The maximum atomic E-state index is 5.84. The highest BCUT2D eigenvalue weighted by Gasteiger charge is 2.02. The topological polar surface area (TPSA) is 21.3 Å². The molecule has 1 aromatic carbocycles. The second kappa shape index (κ2) is 7.66. The van der Waals surface area contributed by atoms with Gasteiger partial charge in [-0.15, -0.1) is 0 Å². The van der Waals surface area contributed by atoms with Gasteiger partial charge in [-0.2, -0.15) is 0 Å². The van der Waals surface area contributed by atoms with E-state index in [4.69, 9.17) is 16.3 Å². The van der Waals surface area contributed by atoms with Gasteiger partial charge in [-0.3, -0.25) is 0 Å². The van der Waals surface area contributed by atoms with Crippen molar-refractivity contribution in [3.63, 3.8) is 0 Å². The molecule has 1 unspecified atom stereocenters. The molecule has 16 heavy (non-hydrogen) atoms. The molecule has 1 N–H and O–H groups in total. The summed E-state index contributed by atoms with van der Waals surface area (Å²) in [5.41, 5.74) is 1.32. The summed E-state index contributed by atoms with van der Waals surface area (Å²) >= 11 is 5.84. The Morgan fingerprint density at radius 2 is 2.00 bits per heavy atom. The third-order valence-electron chi connectivity index (χ3n) is 2.47. The van der Waals surface area contributed by atoms with Crippen LogP contribution >= 0.6 is 11.6 Å². The zero-order chi connectivity index (χ0) is 11.8. The van der Waals surface area contributed by atoms with Crippen molar-refractivity contribution in [1.82, 2.24) is 5.32 Å². The lowest BCUT2D eigenvalue weighted by Crippen LogP contribution is -2.29. The smallest absolute Gasteiger partial charge is 0.0474 e. The average Bonchev–Trinajstić information content (AvgIpc) is 2.28. The summed E-state index contributed by atoms with van der Waals surface area (Å²) < 4.78 is 5.00. The third kappa shape index (κ3) is 5.50. The van der Waals surface area contributed by atoms with Crippen LogP contribution in [0.2, 0.25) is 5.02 Å². The molecule has 90 valence electrons.